The van der Waals surface area contributed by atoms with Crippen LogP contribution in [0, 0.1) is 0 Å². The van der Waals surface area contributed by atoms with Crippen molar-refractivity contribution >= 4 is 28.4 Å². The molecule has 2 heterocycles. The minimum atomic E-state index is -0.840. The molecule has 0 saturated carbocycles. The summed E-state index contributed by atoms with van der Waals surface area (Å²) in [5, 5.41) is 2.97. The molecular formula is C16H13N5O2S. The molecule has 0 bridgehead atoms. The average molecular weight is 339 g/mol. The van der Waals surface area contributed by atoms with Crippen LogP contribution in [0.15, 0.2) is 60.1 Å². The van der Waals surface area contributed by atoms with E-state index in [1.807, 2.05) is 30.3 Å². The molecule has 7 nitrogen and oxygen atoms in total. The van der Waals surface area contributed by atoms with E-state index >= 15 is 0 Å². The van der Waals surface area contributed by atoms with Crippen molar-refractivity contribution in [2.75, 3.05) is 5.01 Å². The van der Waals surface area contributed by atoms with Crippen LogP contribution >= 0.6 is 11.3 Å². The van der Waals surface area contributed by atoms with E-state index in [4.69, 9.17) is 5.73 Å². The van der Waals surface area contributed by atoms with Crippen molar-refractivity contribution in [2.24, 2.45) is 5.73 Å². The summed E-state index contributed by atoms with van der Waals surface area (Å²) in [6, 6.07) is 13.5. The third-order valence-corrected chi connectivity index (χ3v) is 3.91. The maximum atomic E-state index is 12.2. The summed E-state index contributed by atoms with van der Waals surface area (Å²) >= 11 is 1.20. The van der Waals surface area contributed by atoms with E-state index in [1.54, 1.807) is 17.5 Å². The van der Waals surface area contributed by atoms with Crippen molar-refractivity contribution in [1.82, 2.24) is 15.4 Å². The maximum absolute atomic E-state index is 12.2. The van der Waals surface area contributed by atoms with Gasteiger partial charge in [-0.25, -0.2) is 9.78 Å². The molecule has 0 spiro atoms. The number of amides is 3. The highest BCUT2D eigenvalue weighted by atomic mass is 32.1. The fourth-order valence-corrected chi connectivity index (χ4v) is 2.76. The van der Waals surface area contributed by atoms with Crippen LogP contribution in [0.4, 0.5) is 9.93 Å². The summed E-state index contributed by atoms with van der Waals surface area (Å²) < 4.78 is 0. The number of urea groups is 1. The quantitative estimate of drug-likeness (QED) is 0.716. The second kappa shape index (κ2) is 6.88. The summed E-state index contributed by atoms with van der Waals surface area (Å²) in [5.74, 6) is -0.550. The first kappa shape index (κ1) is 15.6. The van der Waals surface area contributed by atoms with E-state index in [0.29, 0.717) is 5.69 Å². The van der Waals surface area contributed by atoms with Crippen molar-refractivity contribution < 1.29 is 9.59 Å². The van der Waals surface area contributed by atoms with Gasteiger partial charge in [0.2, 0.25) is 5.13 Å². The molecule has 0 fully saturated rings. The highest BCUT2D eigenvalue weighted by Gasteiger charge is 2.20. The Morgan fingerprint density at radius 2 is 1.83 bits per heavy atom. The van der Waals surface area contributed by atoms with Crippen molar-refractivity contribution in [3.8, 4) is 11.3 Å². The number of anilines is 1. The van der Waals surface area contributed by atoms with Crippen LogP contribution in [-0.2, 0) is 0 Å². The van der Waals surface area contributed by atoms with Gasteiger partial charge in [0.05, 0.1) is 5.69 Å². The highest BCUT2D eigenvalue weighted by Crippen LogP contribution is 2.26. The third-order valence-electron chi connectivity index (χ3n) is 3.08. The molecule has 0 atom stereocenters. The molecule has 1 aromatic carbocycles. The summed E-state index contributed by atoms with van der Waals surface area (Å²) in [7, 11) is 0. The zero-order valence-corrected chi connectivity index (χ0v) is 13.2. The minimum Gasteiger partial charge on any atom is -0.350 e. The Bertz CT molecular complexity index is 851. The second-order valence-corrected chi connectivity index (χ2v) is 5.55. The topological polar surface area (TPSA) is 101 Å². The summed E-state index contributed by atoms with van der Waals surface area (Å²) in [4.78, 5) is 32.1. The van der Waals surface area contributed by atoms with Crippen molar-refractivity contribution in [3.05, 3.63) is 65.8 Å². The summed E-state index contributed by atoms with van der Waals surface area (Å²) in [6.45, 7) is 0. The van der Waals surface area contributed by atoms with Gasteiger partial charge in [-0.05, 0) is 12.1 Å². The van der Waals surface area contributed by atoms with Gasteiger partial charge >= 0.3 is 6.03 Å². The third kappa shape index (κ3) is 3.39. The molecule has 2 aromatic heterocycles. The van der Waals surface area contributed by atoms with Gasteiger partial charge < -0.3 is 5.73 Å². The molecule has 0 unspecified atom stereocenters. The molecule has 0 radical (unpaired) electrons. The van der Waals surface area contributed by atoms with Crippen molar-refractivity contribution in [3.63, 3.8) is 0 Å². The number of hydrazine groups is 1. The number of primary amides is 1. The zero-order chi connectivity index (χ0) is 16.9. The number of benzene rings is 1. The Balaban J connectivity index is 1.83. The lowest BCUT2D eigenvalue weighted by atomic mass is 10.2. The molecule has 3 N–H and O–H groups in total. The van der Waals surface area contributed by atoms with E-state index in [-0.39, 0.29) is 10.8 Å². The molecule has 8 heteroatoms. The molecule has 0 aliphatic heterocycles. The number of nitrogens with one attached hydrogen (secondary N) is 1. The smallest absolute Gasteiger partial charge is 0.340 e. The van der Waals surface area contributed by atoms with Crippen LogP contribution in [0.5, 0.6) is 0 Å². The Morgan fingerprint density at radius 1 is 1.08 bits per heavy atom. The van der Waals surface area contributed by atoms with E-state index in [0.717, 1.165) is 10.6 Å². The van der Waals surface area contributed by atoms with Crippen LogP contribution < -0.4 is 16.2 Å². The second-order valence-electron chi connectivity index (χ2n) is 4.71. The van der Waals surface area contributed by atoms with Gasteiger partial charge in [0, 0.05) is 17.1 Å². The van der Waals surface area contributed by atoms with Crippen LogP contribution in [0.25, 0.3) is 11.3 Å². The van der Waals surface area contributed by atoms with E-state index in [1.165, 1.54) is 23.6 Å². The molecular weight excluding hydrogens is 326 g/mol. The molecule has 3 rings (SSSR count). The normalized spacial score (nSPS) is 10.2. The monoisotopic (exact) mass is 339 g/mol. The predicted octanol–water partition coefficient (Wildman–Crippen LogP) is 2.44. The number of nitrogens with zero attached hydrogens (tertiary/aromatic N) is 3. The Hall–Kier alpha value is -3.26. The first-order valence-corrected chi connectivity index (χ1v) is 7.85. The van der Waals surface area contributed by atoms with Crippen LogP contribution in [0.3, 0.4) is 0 Å². The van der Waals surface area contributed by atoms with Gasteiger partial charge in [-0.3, -0.25) is 15.2 Å². The van der Waals surface area contributed by atoms with Crippen molar-refractivity contribution in [2.45, 2.75) is 0 Å². The fourth-order valence-electron chi connectivity index (χ4n) is 1.96. The number of rotatable bonds is 3. The maximum Gasteiger partial charge on any atom is 0.340 e. The predicted molar refractivity (Wildman–Crippen MR) is 91.3 cm³/mol. The molecule has 0 aliphatic carbocycles. The molecule has 3 amide bonds. The van der Waals surface area contributed by atoms with E-state index in [9.17, 15) is 9.59 Å². The zero-order valence-electron chi connectivity index (χ0n) is 12.4. The number of hydrogen-bond acceptors (Lipinski definition) is 5. The molecule has 3 aromatic rings. The van der Waals surface area contributed by atoms with Crippen LogP contribution in [0.1, 0.15) is 10.5 Å². The van der Waals surface area contributed by atoms with Gasteiger partial charge in [0.25, 0.3) is 5.91 Å². The van der Waals surface area contributed by atoms with Crippen molar-refractivity contribution in [1.29, 1.82) is 0 Å². The molecule has 24 heavy (non-hydrogen) atoms. The fraction of sp³-hybridized carbons (Fsp3) is 0. The SMILES string of the molecule is NC(=O)N(NC(=O)c1ccccn1)c1nc(-c2ccccc2)cs1. The molecule has 120 valence electrons. The first-order valence-electron chi connectivity index (χ1n) is 6.97. The Labute approximate surface area is 141 Å². The lowest BCUT2D eigenvalue weighted by molar-refractivity contribution is 0.0946. The van der Waals surface area contributed by atoms with Crippen LogP contribution in [-0.4, -0.2) is 21.9 Å². The number of aromatic nitrogens is 2. The first-order chi connectivity index (χ1) is 11.6. The Kier molecular flexibility index (Phi) is 4.48. The summed E-state index contributed by atoms with van der Waals surface area (Å²) in [6.07, 6.45) is 1.49. The lowest BCUT2D eigenvalue weighted by Crippen LogP contribution is -2.49. The van der Waals surface area contributed by atoms with E-state index in [2.05, 4.69) is 15.4 Å². The van der Waals surface area contributed by atoms with Gasteiger partial charge in [0.15, 0.2) is 0 Å². The Morgan fingerprint density at radius 3 is 2.50 bits per heavy atom. The summed E-state index contributed by atoms with van der Waals surface area (Å²) in [5.41, 5.74) is 9.54. The number of nitrogens with two attached hydrogens (primary N) is 1. The average Bonchev–Trinajstić information content (AvgIpc) is 3.10. The van der Waals surface area contributed by atoms with Gasteiger partial charge in [-0.15, -0.1) is 11.3 Å². The van der Waals surface area contributed by atoms with Gasteiger partial charge in [-0.2, -0.15) is 5.01 Å². The highest BCUT2D eigenvalue weighted by molar-refractivity contribution is 7.14. The van der Waals surface area contributed by atoms with E-state index < -0.39 is 11.9 Å². The molecule has 0 aliphatic rings. The molecule has 0 saturated heterocycles. The van der Waals surface area contributed by atoms with Gasteiger partial charge in [-0.1, -0.05) is 36.4 Å². The standard InChI is InChI=1S/C16H13N5O2S/c17-15(23)21(20-14(22)12-8-4-5-9-18-12)16-19-13(10-24-16)11-6-2-1-3-7-11/h1-10H,(H2,17,23)(H,20,22). The number of carbonyl (C=O) groups is 2. The minimum absolute atomic E-state index is 0.170. The lowest BCUT2D eigenvalue weighted by Gasteiger charge is -2.17. The number of pyridine rings is 1. The number of thiazole rings is 1. The number of hydrogen-bond donors (Lipinski definition) is 2. The van der Waals surface area contributed by atoms with Gasteiger partial charge in [0.1, 0.15) is 5.69 Å². The largest absolute Gasteiger partial charge is 0.350 e. The van der Waals surface area contributed by atoms with Crippen LogP contribution in [0.2, 0.25) is 0 Å². The number of carbonyl (C=O) groups excluding carboxylic acids is 2.